The van der Waals surface area contributed by atoms with Crippen LogP contribution in [0.2, 0.25) is 0 Å². The molecule has 0 aliphatic heterocycles. The zero-order chi connectivity index (χ0) is 22.6. The highest BCUT2D eigenvalue weighted by Crippen LogP contribution is 2.67. The lowest BCUT2D eigenvalue weighted by Crippen LogP contribution is -2.55. The molecule has 0 unspecified atom stereocenters. The topological polar surface area (TPSA) is 89.9 Å². The summed E-state index contributed by atoms with van der Waals surface area (Å²) >= 11 is 0. The first-order valence-electron chi connectivity index (χ1n) is 12.1. The summed E-state index contributed by atoms with van der Waals surface area (Å²) in [7, 11) is 0. The molecule has 31 heavy (non-hydrogen) atoms. The van der Waals surface area contributed by atoms with E-state index in [0.29, 0.717) is 23.7 Å². The van der Waals surface area contributed by atoms with E-state index in [0.717, 1.165) is 51.4 Å². The number of esters is 2. The Balaban J connectivity index is 1.56. The maximum Gasteiger partial charge on any atom is 0.303 e. The van der Waals surface area contributed by atoms with Crippen molar-refractivity contribution >= 4 is 17.9 Å². The molecule has 0 radical (unpaired) electrons. The fourth-order valence-electron chi connectivity index (χ4n) is 8.52. The van der Waals surface area contributed by atoms with Gasteiger partial charge in [0.1, 0.15) is 12.2 Å². The first-order valence-corrected chi connectivity index (χ1v) is 12.1. The van der Waals surface area contributed by atoms with Crippen LogP contribution in [0, 0.1) is 40.4 Å². The van der Waals surface area contributed by atoms with E-state index in [4.69, 9.17) is 9.47 Å². The van der Waals surface area contributed by atoms with Crippen molar-refractivity contribution in [3.8, 4) is 0 Å². The molecular formula is C25H38O6. The Bertz CT molecular complexity index is 748. The van der Waals surface area contributed by atoms with E-state index < -0.39 is 5.97 Å². The number of carboxylic acid groups (broad SMARTS) is 1. The van der Waals surface area contributed by atoms with Gasteiger partial charge in [-0.2, -0.15) is 0 Å². The van der Waals surface area contributed by atoms with E-state index in [1.165, 1.54) is 13.8 Å². The Kier molecular flexibility index (Phi) is 5.89. The zero-order valence-electron chi connectivity index (χ0n) is 19.4. The minimum atomic E-state index is -0.805. The van der Waals surface area contributed by atoms with E-state index in [-0.39, 0.29) is 47.3 Å². The van der Waals surface area contributed by atoms with Crippen LogP contribution in [0.25, 0.3) is 0 Å². The summed E-state index contributed by atoms with van der Waals surface area (Å²) in [6.45, 7) is 7.64. The molecular weight excluding hydrogens is 396 g/mol. The van der Waals surface area contributed by atoms with Gasteiger partial charge in [-0.1, -0.05) is 13.8 Å². The average molecular weight is 435 g/mol. The highest BCUT2D eigenvalue weighted by Gasteiger charge is 2.63. The quantitative estimate of drug-likeness (QED) is 0.651. The molecule has 0 aromatic heterocycles. The number of carbonyl (C=O) groups excluding carboxylic acids is 2. The second-order valence-corrected chi connectivity index (χ2v) is 11.3. The fourth-order valence-corrected chi connectivity index (χ4v) is 8.52. The molecule has 0 spiro atoms. The molecule has 0 aromatic carbocycles. The van der Waals surface area contributed by atoms with Crippen LogP contribution in [0.5, 0.6) is 0 Å². The number of carboxylic acids is 1. The SMILES string of the molecule is CC(=O)O[C@@H]1CC[C@@]2(C)[C@@H](CC[C@@H]3[C@@H]2CC[C@@]2(C)[C@H]3C[C@H](CC(=O)O)[C@@H]2OC(C)=O)C1. The summed E-state index contributed by atoms with van der Waals surface area (Å²) in [6, 6.07) is 0. The first kappa shape index (κ1) is 22.6. The van der Waals surface area contributed by atoms with E-state index in [1.807, 2.05) is 0 Å². The molecule has 4 aliphatic rings. The molecule has 0 heterocycles. The van der Waals surface area contributed by atoms with E-state index >= 15 is 0 Å². The van der Waals surface area contributed by atoms with Crippen LogP contribution in [0.3, 0.4) is 0 Å². The Hall–Kier alpha value is -1.59. The maximum absolute atomic E-state index is 11.9. The van der Waals surface area contributed by atoms with Crippen LogP contribution in [-0.2, 0) is 23.9 Å². The third-order valence-corrected chi connectivity index (χ3v) is 9.75. The van der Waals surface area contributed by atoms with Crippen molar-refractivity contribution in [3.05, 3.63) is 0 Å². The molecule has 0 bridgehead atoms. The largest absolute Gasteiger partial charge is 0.481 e. The first-order chi connectivity index (χ1) is 14.5. The summed E-state index contributed by atoms with van der Waals surface area (Å²) in [5.74, 6) is 0.777. The standard InChI is InChI=1S/C25H38O6/c1-14(26)30-18-7-9-24(3)17(13-18)5-6-19-20(24)8-10-25(4)21(19)11-16(12-22(28)29)23(25)31-15(2)27/h16-21,23H,5-13H2,1-4H3,(H,28,29)/t16-,17+,18-,19-,20+,21+,23+,24+,25+/m1/s1. The Morgan fingerprint density at radius 3 is 2.19 bits per heavy atom. The van der Waals surface area contributed by atoms with Gasteiger partial charge in [-0.15, -0.1) is 0 Å². The summed E-state index contributed by atoms with van der Waals surface area (Å²) in [5, 5.41) is 9.48. The number of carbonyl (C=O) groups is 3. The maximum atomic E-state index is 11.9. The van der Waals surface area contributed by atoms with Crippen molar-refractivity contribution in [1.29, 1.82) is 0 Å². The van der Waals surface area contributed by atoms with Crippen molar-refractivity contribution in [1.82, 2.24) is 0 Å². The minimum absolute atomic E-state index is 0.0563. The minimum Gasteiger partial charge on any atom is -0.481 e. The smallest absolute Gasteiger partial charge is 0.303 e. The molecule has 6 heteroatoms. The zero-order valence-corrected chi connectivity index (χ0v) is 19.4. The number of aliphatic carboxylic acids is 1. The number of fused-ring (bicyclic) bond motifs is 5. The Morgan fingerprint density at radius 1 is 0.871 bits per heavy atom. The summed E-state index contributed by atoms with van der Waals surface area (Å²) in [5.41, 5.74) is 0.119. The van der Waals surface area contributed by atoms with Gasteiger partial charge in [-0.3, -0.25) is 14.4 Å². The molecule has 4 fully saturated rings. The summed E-state index contributed by atoms with van der Waals surface area (Å²) in [4.78, 5) is 34.9. The molecule has 0 amide bonds. The van der Waals surface area contributed by atoms with Crippen LogP contribution < -0.4 is 0 Å². The van der Waals surface area contributed by atoms with Crippen LogP contribution in [0.4, 0.5) is 0 Å². The normalized spacial score (nSPS) is 46.3. The van der Waals surface area contributed by atoms with Gasteiger partial charge in [0.15, 0.2) is 0 Å². The summed E-state index contributed by atoms with van der Waals surface area (Å²) in [6.07, 6.45) is 8.07. The molecule has 4 rings (SSSR count). The molecule has 6 nitrogen and oxygen atoms in total. The Labute approximate surface area is 185 Å². The molecule has 9 atom stereocenters. The lowest BCUT2D eigenvalue weighted by atomic mass is 9.45. The molecule has 0 saturated heterocycles. The van der Waals surface area contributed by atoms with Gasteiger partial charge in [-0.05, 0) is 80.5 Å². The second kappa shape index (κ2) is 8.08. The second-order valence-electron chi connectivity index (χ2n) is 11.3. The van der Waals surface area contributed by atoms with Gasteiger partial charge in [0.25, 0.3) is 0 Å². The van der Waals surface area contributed by atoms with E-state index in [9.17, 15) is 19.5 Å². The molecule has 0 aromatic rings. The van der Waals surface area contributed by atoms with Crippen LogP contribution >= 0.6 is 0 Å². The lowest BCUT2D eigenvalue weighted by molar-refractivity contribution is -0.170. The van der Waals surface area contributed by atoms with Crippen molar-refractivity contribution in [3.63, 3.8) is 0 Å². The highest BCUT2D eigenvalue weighted by molar-refractivity contribution is 5.68. The number of rotatable bonds is 4. The Morgan fingerprint density at radius 2 is 1.55 bits per heavy atom. The van der Waals surface area contributed by atoms with Crippen molar-refractivity contribution in [2.75, 3.05) is 0 Å². The van der Waals surface area contributed by atoms with Crippen LogP contribution in [-0.4, -0.2) is 35.2 Å². The third-order valence-electron chi connectivity index (χ3n) is 9.75. The highest BCUT2D eigenvalue weighted by atomic mass is 16.5. The van der Waals surface area contributed by atoms with Crippen LogP contribution in [0.1, 0.15) is 85.5 Å². The number of hydrogen-bond donors (Lipinski definition) is 1. The van der Waals surface area contributed by atoms with Crippen molar-refractivity contribution in [2.45, 2.75) is 97.7 Å². The molecule has 4 saturated carbocycles. The molecule has 174 valence electrons. The van der Waals surface area contributed by atoms with Crippen molar-refractivity contribution in [2.24, 2.45) is 40.4 Å². The molecule has 4 aliphatic carbocycles. The lowest BCUT2D eigenvalue weighted by Gasteiger charge is -2.60. The van der Waals surface area contributed by atoms with Gasteiger partial charge in [-0.25, -0.2) is 0 Å². The van der Waals surface area contributed by atoms with Gasteiger partial charge < -0.3 is 14.6 Å². The number of hydrogen-bond acceptors (Lipinski definition) is 5. The predicted octanol–water partition coefficient (Wildman–Crippen LogP) is 4.59. The van der Waals surface area contributed by atoms with Gasteiger partial charge >= 0.3 is 17.9 Å². The summed E-state index contributed by atoms with van der Waals surface area (Å²) < 4.78 is 11.4. The fraction of sp³-hybridized carbons (Fsp3) is 0.880. The number of ether oxygens (including phenoxy) is 2. The van der Waals surface area contributed by atoms with E-state index in [1.54, 1.807) is 0 Å². The van der Waals surface area contributed by atoms with Gasteiger partial charge in [0, 0.05) is 25.2 Å². The van der Waals surface area contributed by atoms with Crippen LogP contribution in [0.15, 0.2) is 0 Å². The van der Waals surface area contributed by atoms with Gasteiger partial charge in [0.05, 0.1) is 6.42 Å². The van der Waals surface area contributed by atoms with E-state index in [2.05, 4.69) is 13.8 Å². The predicted molar refractivity (Wildman–Crippen MR) is 114 cm³/mol. The van der Waals surface area contributed by atoms with Gasteiger partial charge in [0.2, 0.25) is 0 Å². The monoisotopic (exact) mass is 434 g/mol. The average Bonchev–Trinajstić information content (AvgIpc) is 2.92. The van der Waals surface area contributed by atoms with Crippen molar-refractivity contribution < 1.29 is 29.0 Å². The molecule has 1 N–H and O–H groups in total. The third kappa shape index (κ3) is 3.89.